The van der Waals surface area contributed by atoms with Crippen LogP contribution in [0, 0.1) is 11.8 Å². The first-order valence-corrected chi connectivity index (χ1v) is 37.0. The molecule has 0 saturated carbocycles. The van der Waals surface area contributed by atoms with Crippen LogP contribution < -0.4 is 9.47 Å². The van der Waals surface area contributed by atoms with E-state index in [1.54, 1.807) is 24.3 Å². The number of hydrogen-bond donors (Lipinski definition) is 0. The molecule has 0 radical (unpaired) electrons. The molecule has 2 fully saturated rings. The molecule has 4 rings (SSSR count). The number of benzene rings is 2. The van der Waals surface area contributed by atoms with Crippen LogP contribution in [-0.2, 0) is 51.0 Å². The lowest BCUT2D eigenvalue weighted by Gasteiger charge is -2.32. The molecule has 0 spiro atoms. The molecule has 2 aliphatic heterocycles. The van der Waals surface area contributed by atoms with Gasteiger partial charge in [0.2, 0.25) is 0 Å². The van der Waals surface area contributed by atoms with Crippen molar-refractivity contribution in [1.29, 1.82) is 0 Å². The van der Waals surface area contributed by atoms with Crippen molar-refractivity contribution in [3.8, 4) is 11.5 Å². The average Bonchev–Trinajstić information content (AvgIpc) is 3.70. The van der Waals surface area contributed by atoms with Gasteiger partial charge in [0.05, 0.1) is 26.1 Å². The van der Waals surface area contributed by atoms with Gasteiger partial charge in [-0.05, 0) is 176 Å². The lowest BCUT2D eigenvalue weighted by atomic mass is 9.94. The van der Waals surface area contributed by atoms with Crippen molar-refractivity contribution in [2.45, 2.75) is 264 Å². The van der Waals surface area contributed by atoms with E-state index in [0.717, 1.165) is 177 Å². The number of unbranched alkanes of at least 4 members (excludes halogenated alkanes) is 20. The van der Waals surface area contributed by atoms with E-state index in [1.165, 1.54) is 89.9 Å². The highest BCUT2D eigenvalue weighted by Gasteiger charge is 2.22. The van der Waals surface area contributed by atoms with E-state index in [9.17, 15) is 24.0 Å². The molecule has 1 unspecified atom stereocenters. The quantitative estimate of drug-likeness (QED) is 0.0155. The number of ether oxygens (including phenoxy) is 5. The molecular formula is C72H116N2O10S2. The zero-order valence-corrected chi connectivity index (χ0v) is 55.7. The Morgan fingerprint density at radius 1 is 0.465 bits per heavy atom. The standard InChI is InChI=1S/C72H116N2O10S2/c1-4-7-9-11-13-14-15-16-17-18-19-20-21-24-28-33-69(76)83-66-39-35-63(36-40-66)59-71(78)80-55-47-61-43-49-73(50-44-61)53-57-85-86-58-54-74-51-45-62(46-52-74)48-56-81-72(79)60-64-37-41-67(42-38-64)84-70(77)34-30-26-22-25-29-32-68(75)82-65(6-3)31-27-23-12-10-8-5-2/h16-17,35-42,61-62,65H,4-15,18-34,43-60H2,1-3H3/b17-16-. The predicted octanol–water partition coefficient (Wildman–Crippen LogP) is 17.8. The Kier molecular flexibility index (Phi) is 43.3. The van der Waals surface area contributed by atoms with E-state index in [1.807, 2.05) is 45.9 Å². The molecule has 2 aromatic rings. The molecule has 0 aliphatic carbocycles. The van der Waals surface area contributed by atoms with E-state index < -0.39 is 0 Å². The first-order valence-electron chi connectivity index (χ1n) is 34.6. The van der Waals surface area contributed by atoms with Crippen molar-refractivity contribution in [2.75, 3.05) is 64.0 Å². The lowest BCUT2D eigenvalue weighted by molar-refractivity contribution is -0.150. The SMILES string of the molecule is CCCCCCCC/C=C\CCCCCCCC(=O)Oc1ccc(CC(=O)OCCC2CCN(CCSSCCN3CCC(CCOC(=O)Cc4ccc(OC(=O)CCCCCCCC(=O)OC(CC)CCCCCCCC)cc4)CC3)CC2)cc1. The van der Waals surface area contributed by atoms with Crippen LogP contribution >= 0.6 is 21.6 Å². The summed E-state index contributed by atoms with van der Waals surface area (Å²) in [6.45, 7) is 14.1. The van der Waals surface area contributed by atoms with Crippen LogP contribution in [0.1, 0.15) is 257 Å². The van der Waals surface area contributed by atoms with Gasteiger partial charge >= 0.3 is 29.8 Å². The summed E-state index contributed by atoms with van der Waals surface area (Å²) < 4.78 is 28.1. The molecule has 12 nitrogen and oxygen atoms in total. The summed E-state index contributed by atoms with van der Waals surface area (Å²) in [5.74, 6) is 3.43. The molecule has 2 heterocycles. The summed E-state index contributed by atoms with van der Waals surface area (Å²) in [5, 5.41) is 0. The smallest absolute Gasteiger partial charge is 0.311 e. The maximum atomic E-state index is 12.6. The zero-order chi connectivity index (χ0) is 61.3. The highest BCUT2D eigenvalue weighted by molar-refractivity contribution is 8.76. The Labute approximate surface area is 529 Å². The maximum Gasteiger partial charge on any atom is 0.311 e. The zero-order valence-electron chi connectivity index (χ0n) is 54.0. The highest BCUT2D eigenvalue weighted by Crippen LogP contribution is 2.27. The summed E-state index contributed by atoms with van der Waals surface area (Å²) in [6, 6.07) is 14.3. The normalized spacial score (nSPS) is 14.8. The third kappa shape index (κ3) is 38.5. The topological polar surface area (TPSA) is 138 Å². The largest absolute Gasteiger partial charge is 0.465 e. The third-order valence-electron chi connectivity index (χ3n) is 17.1. The van der Waals surface area contributed by atoms with Gasteiger partial charge in [0.15, 0.2) is 0 Å². The van der Waals surface area contributed by atoms with E-state index in [2.05, 4.69) is 42.7 Å². The van der Waals surface area contributed by atoms with Crippen molar-refractivity contribution in [3.05, 3.63) is 71.8 Å². The lowest BCUT2D eigenvalue weighted by Crippen LogP contribution is -2.36. The van der Waals surface area contributed by atoms with E-state index in [4.69, 9.17) is 23.7 Å². The molecule has 2 aliphatic rings. The fourth-order valence-corrected chi connectivity index (χ4v) is 13.5. The van der Waals surface area contributed by atoms with Crippen molar-refractivity contribution < 1.29 is 47.7 Å². The van der Waals surface area contributed by atoms with Gasteiger partial charge in [0.25, 0.3) is 0 Å². The van der Waals surface area contributed by atoms with E-state index in [0.29, 0.717) is 55.8 Å². The Morgan fingerprint density at radius 2 is 0.837 bits per heavy atom. The number of rotatable bonds is 51. The number of carbonyl (C=O) groups is 5. The predicted molar refractivity (Wildman–Crippen MR) is 356 cm³/mol. The van der Waals surface area contributed by atoms with Gasteiger partial charge in [0, 0.05) is 43.9 Å². The number of allylic oxidation sites excluding steroid dienone is 2. The first kappa shape index (κ1) is 74.6. The Bertz CT molecular complexity index is 2090. The Hall–Kier alpha value is -3.85. The number of carbonyl (C=O) groups excluding carboxylic acids is 5. The number of nitrogens with zero attached hydrogens (tertiary/aromatic N) is 2. The second kappa shape index (κ2) is 50.0. The minimum atomic E-state index is -0.260. The molecular weight excluding hydrogens is 1120 g/mol. The summed E-state index contributed by atoms with van der Waals surface area (Å²) in [7, 11) is 3.96. The molecule has 1 atom stereocenters. The van der Waals surface area contributed by atoms with Crippen LogP contribution in [0.5, 0.6) is 11.5 Å². The fourth-order valence-electron chi connectivity index (χ4n) is 11.4. The summed E-state index contributed by atoms with van der Waals surface area (Å²) in [5.41, 5.74) is 1.69. The first-order chi connectivity index (χ1) is 42.1. The number of piperidine rings is 2. The molecule has 14 heteroatoms. The van der Waals surface area contributed by atoms with Crippen LogP contribution in [0.3, 0.4) is 0 Å². The van der Waals surface area contributed by atoms with Crippen molar-refractivity contribution in [2.24, 2.45) is 11.8 Å². The molecule has 0 amide bonds. The summed E-state index contributed by atoms with van der Waals surface area (Å²) in [4.78, 5) is 67.6. The van der Waals surface area contributed by atoms with Crippen LogP contribution in [0.4, 0.5) is 0 Å². The van der Waals surface area contributed by atoms with Gasteiger partial charge in [-0.1, -0.05) is 182 Å². The van der Waals surface area contributed by atoms with Gasteiger partial charge in [-0.2, -0.15) is 0 Å². The van der Waals surface area contributed by atoms with Crippen molar-refractivity contribution >= 4 is 51.4 Å². The van der Waals surface area contributed by atoms with E-state index >= 15 is 0 Å². The monoisotopic (exact) mass is 1230 g/mol. The second-order valence-electron chi connectivity index (χ2n) is 24.5. The van der Waals surface area contributed by atoms with Gasteiger partial charge in [-0.15, -0.1) is 0 Å². The van der Waals surface area contributed by atoms with E-state index in [-0.39, 0.29) is 48.8 Å². The van der Waals surface area contributed by atoms with Crippen LogP contribution in [-0.4, -0.2) is 110 Å². The van der Waals surface area contributed by atoms with Crippen LogP contribution in [0.15, 0.2) is 60.7 Å². The highest BCUT2D eigenvalue weighted by atomic mass is 33.1. The number of likely N-dealkylation sites (tertiary alicyclic amines) is 2. The van der Waals surface area contributed by atoms with Gasteiger partial charge in [-0.3, -0.25) is 24.0 Å². The molecule has 0 N–H and O–H groups in total. The summed E-state index contributed by atoms with van der Waals surface area (Å²) >= 11 is 0. The molecule has 2 saturated heterocycles. The molecule has 486 valence electrons. The fraction of sp³-hybridized carbons (Fsp3) is 0.736. The number of hydrogen-bond acceptors (Lipinski definition) is 14. The summed E-state index contributed by atoms with van der Waals surface area (Å²) in [6.07, 6.45) is 42.4. The molecule has 0 bridgehead atoms. The minimum absolute atomic E-state index is 0.0416. The maximum absolute atomic E-state index is 12.6. The average molecular weight is 1230 g/mol. The second-order valence-corrected chi connectivity index (χ2v) is 27.2. The third-order valence-corrected chi connectivity index (χ3v) is 19.5. The minimum Gasteiger partial charge on any atom is -0.465 e. The van der Waals surface area contributed by atoms with Gasteiger partial charge in [-0.25, -0.2) is 0 Å². The Morgan fingerprint density at radius 3 is 1.24 bits per heavy atom. The number of esters is 5. The molecule has 86 heavy (non-hydrogen) atoms. The van der Waals surface area contributed by atoms with Crippen molar-refractivity contribution in [3.63, 3.8) is 0 Å². The van der Waals surface area contributed by atoms with Gasteiger partial charge in [0.1, 0.15) is 17.6 Å². The van der Waals surface area contributed by atoms with Crippen molar-refractivity contribution in [1.82, 2.24) is 9.80 Å². The van der Waals surface area contributed by atoms with Gasteiger partial charge < -0.3 is 33.5 Å². The molecule has 0 aromatic heterocycles. The van der Waals surface area contributed by atoms with Crippen LogP contribution in [0.2, 0.25) is 0 Å². The Balaban J connectivity index is 0.890. The molecule has 2 aromatic carbocycles. The van der Waals surface area contributed by atoms with Crippen LogP contribution in [0.25, 0.3) is 0 Å².